The summed E-state index contributed by atoms with van der Waals surface area (Å²) in [6.45, 7) is 5.52. The van der Waals surface area contributed by atoms with Crippen LogP contribution < -0.4 is 5.73 Å². The topological polar surface area (TPSA) is 38.9 Å². The first-order valence-corrected chi connectivity index (χ1v) is 6.33. The van der Waals surface area contributed by atoms with Crippen LogP contribution in [0.2, 0.25) is 0 Å². The van der Waals surface area contributed by atoms with Crippen molar-refractivity contribution in [1.82, 2.24) is 4.98 Å². The molecule has 20 heavy (non-hydrogen) atoms. The number of hydrogen-bond acceptors (Lipinski definition) is 2. The highest BCUT2D eigenvalue weighted by atomic mass is 19.4. The highest BCUT2D eigenvalue weighted by Crippen LogP contribution is 2.32. The first-order valence-electron chi connectivity index (χ1n) is 6.33. The van der Waals surface area contributed by atoms with Gasteiger partial charge >= 0.3 is 6.18 Å². The number of nitrogens with zero attached hydrogens (tertiary/aromatic N) is 1. The molecular weight excluding hydrogens is 265 g/mol. The molecule has 0 bridgehead atoms. The quantitative estimate of drug-likeness (QED) is 0.909. The molecule has 0 aliphatic rings. The molecule has 1 aromatic carbocycles. The zero-order valence-corrected chi connectivity index (χ0v) is 11.7. The summed E-state index contributed by atoms with van der Waals surface area (Å²) >= 11 is 0. The van der Waals surface area contributed by atoms with Gasteiger partial charge in [0.25, 0.3) is 0 Å². The van der Waals surface area contributed by atoms with Crippen molar-refractivity contribution in [2.24, 2.45) is 5.73 Å². The molecule has 2 nitrogen and oxygen atoms in total. The highest BCUT2D eigenvalue weighted by Gasteiger charge is 2.30. The van der Waals surface area contributed by atoms with E-state index in [9.17, 15) is 13.2 Å². The Morgan fingerprint density at radius 3 is 2.35 bits per heavy atom. The Balaban J connectivity index is 2.65. The Labute approximate surface area is 115 Å². The standard InChI is InChI=1S/C15H17F3N2/c1-9-6-10(8-14(2,3)19)12-7-11(15(16,17)18)4-5-13(12)20-9/h4-7H,8,19H2,1-3H3. The van der Waals surface area contributed by atoms with Gasteiger partial charge in [0.1, 0.15) is 0 Å². The lowest BCUT2D eigenvalue weighted by molar-refractivity contribution is -0.137. The molecule has 0 aliphatic carbocycles. The van der Waals surface area contributed by atoms with Gasteiger partial charge in [-0.15, -0.1) is 0 Å². The molecule has 5 heteroatoms. The number of fused-ring (bicyclic) bond motifs is 1. The van der Waals surface area contributed by atoms with Crippen LogP contribution in [0.1, 0.15) is 30.7 Å². The van der Waals surface area contributed by atoms with Gasteiger partial charge in [-0.2, -0.15) is 13.2 Å². The lowest BCUT2D eigenvalue weighted by Crippen LogP contribution is -2.34. The summed E-state index contributed by atoms with van der Waals surface area (Å²) in [5, 5.41) is 0.518. The third-order valence-electron chi connectivity index (χ3n) is 3.00. The van der Waals surface area contributed by atoms with Crippen molar-refractivity contribution in [3.8, 4) is 0 Å². The lowest BCUT2D eigenvalue weighted by Gasteiger charge is -2.20. The molecule has 2 aromatic rings. The van der Waals surface area contributed by atoms with E-state index in [4.69, 9.17) is 5.73 Å². The maximum atomic E-state index is 12.8. The van der Waals surface area contributed by atoms with Crippen LogP contribution >= 0.6 is 0 Å². The van der Waals surface area contributed by atoms with E-state index in [0.717, 1.165) is 23.4 Å². The van der Waals surface area contributed by atoms with Gasteiger partial charge in [-0.05, 0) is 57.0 Å². The van der Waals surface area contributed by atoms with Crippen molar-refractivity contribution >= 4 is 10.9 Å². The van der Waals surface area contributed by atoms with E-state index in [0.29, 0.717) is 17.3 Å². The van der Waals surface area contributed by atoms with Crippen molar-refractivity contribution < 1.29 is 13.2 Å². The number of alkyl halides is 3. The smallest absolute Gasteiger partial charge is 0.325 e. The molecule has 0 saturated carbocycles. The molecule has 0 saturated heterocycles. The molecule has 1 aromatic heterocycles. The van der Waals surface area contributed by atoms with E-state index >= 15 is 0 Å². The normalized spacial score (nSPS) is 12.9. The lowest BCUT2D eigenvalue weighted by atomic mass is 9.93. The molecule has 1 heterocycles. The summed E-state index contributed by atoms with van der Waals surface area (Å²) < 4.78 is 38.5. The predicted octanol–water partition coefficient (Wildman–Crippen LogP) is 3.84. The zero-order chi connectivity index (χ0) is 15.1. The van der Waals surface area contributed by atoms with E-state index in [1.54, 1.807) is 6.07 Å². The van der Waals surface area contributed by atoms with Crippen LogP contribution in [0.5, 0.6) is 0 Å². The van der Waals surface area contributed by atoms with Gasteiger partial charge in [0, 0.05) is 16.6 Å². The number of benzene rings is 1. The first kappa shape index (κ1) is 14.8. The Bertz CT molecular complexity index is 640. The number of aromatic nitrogens is 1. The molecule has 0 aliphatic heterocycles. The fourth-order valence-corrected chi connectivity index (χ4v) is 2.26. The van der Waals surface area contributed by atoms with Crippen LogP contribution in [-0.2, 0) is 12.6 Å². The van der Waals surface area contributed by atoms with Gasteiger partial charge in [-0.1, -0.05) is 0 Å². The van der Waals surface area contributed by atoms with E-state index in [-0.39, 0.29) is 0 Å². The average Bonchev–Trinajstić information content (AvgIpc) is 2.24. The van der Waals surface area contributed by atoms with Crippen molar-refractivity contribution in [2.75, 3.05) is 0 Å². The summed E-state index contributed by atoms with van der Waals surface area (Å²) in [6.07, 6.45) is -3.86. The molecule has 2 N–H and O–H groups in total. The van der Waals surface area contributed by atoms with Gasteiger partial charge in [0.15, 0.2) is 0 Å². The first-order chi connectivity index (χ1) is 9.06. The second-order valence-corrected chi connectivity index (χ2v) is 5.82. The number of nitrogens with two attached hydrogens (primary N) is 1. The van der Waals surface area contributed by atoms with Gasteiger partial charge in [0.05, 0.1) is 11.1 Å². The SMILES string of the molecule is Cc1cc(CC(C)(C)N)c2cc(C(F)(F)F)ccc2n1. The second-order valence-electron chi connectivity index (χ2n) is 5.82. The van der Waals surface area contributed by atoms with Crippen molar-refractivity contribution in [3.63, 3.8) is 0 Å². The molecule has 0 amide bonds. The minimum Gasteiger partial charge on any atom is -0.325 e. The van der Waals surface area contributed by atoms with Crippen molar-refractivity contribution in [1.29, 1.82) is 0 Å². The minimum atomic E-state index is -4.35. The monoisotopic (exact) mass is 282 g/mol. The van der Waals surface area contributed by atoms with Gasteiger partial charge in [-0.3, -0.25) is 4.98 Å². The highest BCUT2D eigenvalue weighted by molar-refractivity contribution is 5.83. The Morgan fingerprint density at radius 1 is 1.15 bits per heavy atom. The largest absolute Gasteiger partial charge is 0.416 e. The van der Waals surface area contributed by atoms with E-state index in [1.165, 1.54) is 6.07 Å². The van der Waals surface area contributed by atoms with E-state index in [2.05, 4.69) is 4.98 Å². The summed E-state index contributed by atoms with van der Waals surface area (Å²) in [6, 6.07) is 5.43. The predicted molar refractivity (Wildman–Crippen MR) is 73.5 cm³/mol. The van der Waals surface area contributed by atoms with Gasteiger partial charge in [-0.25, -0.2) is 0 Å². The molecule has 108 valence electrons. The molecular formula is C15H17F3N2. The maximum Gasteiger partial charge on any atom is 0.416 e. The van der Waals surface area contributed by atoms with Gasteiger partial charge < -0.3 is 5.73 Å². The number of halogens is 3. The van der Waals surface area contributed by atoms with Crippen LogP contribution in [0, 0.1) is 6.92 Å². The van der Waals surface area contributed by atoms with Crippen LogP contribution in [-0.4, -0.2) is 10.5 Å². The number of rotatable bonds is 2. The fraction of sp³-hybridized carbons (Fsp3) is 0.400. The Morgan fingerprint density at radius 2 is 1.80 bits per heavy atom. The second kappa shape index (κ2) is 4.74. The molecule has 0 radical (unpaired) electrons. The van der Waals surface area contributed by atoms with E-state index in [1.807, 2.05) is 20.8 Å². The average molecular weight is 282 g/mol. The van der Waals surface area contributed by atoms with Crippen molar-refractivity contribution in [3.05, 3.63) is 41.1 Å². The molecule has 2 rings (SSSR count). The molecule has 0 atom stereocenters. The summed E-state index contributed by atoms with van der Waals surface area (Å²) in [5.74, 6) is 0. The van der Waals surface area contributed by atoms with Crippen LogP contribution in [0.4, 0.5) is 13.2 Å². The Hall–Kier alpha value is -1.62. The van der Waals surface area contributed by atoms with E-state index < -0.39 is 17.3 Å². The zero-order valence-electron chi connectivity index (χ0n) is 11.7. The Kier molecular flexibility index (Phi) is 3.50. The van der Waals surface area contributed by atoms with Gasteiger partial charge in [0.2, 0.25) is 0 Å². The summed E-state index contributed by atoms with van der Waals surface area (Å²) in [5.41, 5.74) is 6.98. The van der Waals surface area contributed by atoms with Crippen LogP contribution in [0.3, 0.4) is 0 Å². The molecule has 0 fully saturated rings. The minimum absolute atomic E-state index is 0.491. The number of pyridine rings is 1. The number of aryl methyl sites for hydroxylation is 1. The summed E-state index contributed by atoms with van der Waals surface area (Å²) in [7, 11) is 0. The maximum absolute atomic E-state index is 12.8. The fourth-order valence-electron chi connectivity index (χ4n) is 2.26. The van der Waals surface area contributed by atoms with Crippen LogP contribution in [0.15, 0.2) is 24.3 Å². The van der Waals surface area contributed by atoms with Crippen LogP contribution in [0.25, 0.3) is 10.9 Å². The third-order valence-corrected chi connectivity index (χ3v) is 3.00. The molecule has 0 spiro atoms. The van der Waals surface area contributed by atoms with Crippen molar-refractivity contribution in [2.45, 2.75) is 38.9 Å². The third kappa shape index (κ3) is 3.28. The molecule has 0 unspecified atom stereocenters. The summed E-state index contributed by atoms with van der Waals surface area (Å²) in [4.78, 5) is 4.28. The number of hydrogen-bond donors (Lipinski definition) is 1.